The number of nitrogens with zero attached hydrogens (tertiary/aromatic N) is 3. The van der Waals surface area contributed by atoms with E-state index in [1.165, 1.54) is 24.9 Å². The number of nitrogens with one attached hydrogen (secondary N) is 2. The van der Waals surface area contributed by atoms with Gasteiger partial charge >= 0.3 is 5.69 Å². The number of anilines is 2. The van der Waals surface area contributed by atoms with Gasteiger partial charge in [-0.3, -0.25) is 10.1 Å². The fourth-order valence-corrected chi connectivity index (χ4v) is 3.47. The van der Waals surface area contributed by atoms with E-state index < -0.39 is 4.92 Å². The van der Waals surface area contributed by atoms with Crippen LogP contribution in [0.1, 0.15) is 32.6 Å². The summed E-state index contributed by atoms with van der Waals surface area (Å²) in [4.78, 5) is 18.9. The van der Waals surface area contributed by atoms with Crippen LogP contribution in [0.2, 0.25) is 0 Å². The summed E-state index contributed by atoms with van der Waals surface area (Å²) in [5, 5.41) is 17.9. The third-order valence-electron chi connectivity index (χ3n) is 3.32. The molecule has 1 aromatic heterocycles. The lowest BCUT2D eigenvalue weighted by molar-refractivity contribution is -0.383. The van der Waals surface area contributed by atoms with Crippen LogP contribution in [-0.4, -0.2) is 39.0 Å². The van der Waals surface area contributed by atoms with Crippen molar-refractivity contribution in [2.75, 3.05) is 29.5 Å². The maximum Gasteiger partial charge on any atom is 0.353 e. The molecule has 0 bridgehead atoms. The van der Waals surface area contributed by atoms with Crippen molar-refractivity contribution in [3.8, 4) is 0 Å². The van der Waals surface area contributed by atoms with Gasteiger partial charge in [0.2, 0.25) is 11.6 Å². The van der Waals surface area contributed by atoms with Crippen LogP contribution in [-0.2, 0) is 0 Å². The smallest absolute Gasteiger partial charge is 0.353 e. The largest absolute Gasteiger partial charge is 0.364 e. The summed E-state index contributed by atoms with van der Waals surface area (Å²) in [6.07, 6.45) is 5.88. The van der Waals surface area contributed by atoms with E-state index >= 15 is 0 Å². The first-order valence-corrected chi connectivity index (χ1v) is 8.36. The van der Waals surface area contributed by atoms with Crippen molar-refractivity contribution in [1.29, 1.82) is 0 Å². The van der Waals surface area contributed by atoms with Crippen LogP contribution in [0.25, 0.3) is 0 Å². The molecular weight excluding hydrogens is 290 g/mol. The van der Waals surface area contributed by atoms with Crippen LogP contribution in [0, 0.1) is 10.1 Å². The number of hydrogen-bond acceptors (Lipinski definition) is 7. The first-order valence-electron chi connectivity index (χ1n) is 7.31. The van der Waals surface area contributed by atoms with E-state index in [2.05, 4.69) is 20.6 Å². The second-order valence-electron chi connectivity index (χ2n) is 4.97. The van der Waals surface area contributed by atoms with Gasteiger partial charge in [-0.05, 0) is 25.0 Å². The van der Waals surface area contributed by atoms with Gasteiger partial charge < -0.3 is 10.6 Å². The fraction of sp³-hybridized carbons (Fsp3) is 0.692. The highest BCUT2D eigenvalue weighted by Gasteiger charge is 2.23. The molecule has 7 nitrogen and oxygen atoms in total. The monoisotopic (exact) mass is 311 g/mol. The number of rotatable bonds is 7. The van der Waals surface area contributed by atoms with E-state index in [0.29, 0.717) is 24.2 Å². The zero-order chi connectivity index (χ0) is 15.1. The standard InChI is InChI=1S/C13H21N5O2S/c1-2-6-14-12-11(18(19)20)13(17-9-16-12)15-8-10-5-3-4-7-21-10/h9-10H,2-8H2,1H3,(H2,14,15,16,17). The summed E-state index contributed by atoms with van der Waals surface area (Å²) >= 11 is 1.92. The number of nitro groups is 1. The molecule has 2 N–H and O–H groups in total. The molecule has 0 saturated carbocycles. The molecule has 2 rings (SSSR count). The van der Waals surface area contributed by atoms with Crippen LogP contribution in [0.4, 0.5) is 17.3 Å². The van der Waals surface area contributed by atoms with Gasteiger partial charge in [-0.2, -0.15) is 11.8 Å². The SMILES string of the molecule is CCCNc1ncnc(NCC2CCCCS2)c1[N+](=O)[O-]. The Morgan fingerprint density at radius 1 is 1.38 bits per heavy atom. The molecule has 1 fully saturated rings. The topological polar surface area (TPSA) is 93.0 Å². The Morgan fingerprint density at radius 3 is 2.76 bits per heavy atom. The average Bonchev–Trinajstić information content (AvgIpc) is 2.51. The lowest BCUT2D eigenvalue weighted by Crippen LogP contribution is -2.21. The number of hydrogen-bond donors (Lipinski definition) is 2. The Morgan fingerprint density at radius 2 is 2.14 bits per heavy atom. The van der Waals surface area contributed by atoms with Crippen LogP contribution in [0.5, 0.6) is 0 Å². The molecule has 0 spiro atoms. The van der Waals surface area contributed by atoms with E-state index in [9.17, 15) is 10.1 Å². The molecule has 1 unspecified atom stereocenters. The van der Waals surface area contributed by atoms with Gasteiger partial charge in [0.15, 0.2) is 0 Å². The molecule has 21 heavy (non-hydrogen) atoms. The summed E-state index contributed by atoms with van der Waals surface area (Å²) in [6.45, 7) is 3.35. The Hall–Kier alpha value is -1.57. The van der Waals surface area contributed by atoms with E-state index in [1.807, 2.05) is 18.7 Å². The molecule has 1 saturated heterocycles. The molecule has 1 aliphatic heterocycles. The first-order chi connectivity index (χ1) is 10.2. The Labute approximate surface area is 128 Å². The van der Waals surface area contributed by atoms with Crippen LogP contribution < -0.4 is 10.6 Å². The zero-order valence-electron chi connectivity index (χ0n) is 12.2. The first kappa shape index (κ1) is 15.8. The Kier molecular flexibility index (Phi) is 6.04. The van der Waals surface area contributed by atoms with E-state index in [1.54, 1.807) is 0 Å². The van der Waals surface area contributed by atoms with E-state index in [0.717, 1.165) is 12.8 Å². The molecule has 2 heterocycles. The minimum Gasteiger partial charge on any atom is -0.364 e. The van der Waals surface area contributed by atoms with E-state index in [4.69, 9.17) is 0 Å². The van der Waals surface area contributed by atoms with Gasteiger partial charge in [0, 0.05) is 18.3 Å². The van der Waals surface area contributed by atoms with Crippen LogP contribution in [0.15, 0.2) is 6.33 Å². The quantitative estimate of drug-likeness (QED) is 0.590. The molecule has 0 amide bonds. The third kappa shape index (κ3) is 4.45. The van der Waals surface area contributed by atoms with Gasteiger partial charge in [0.05, 0.1) is 4.92 Å². The average molecular weight is 311 g/mol. The molecule has 8 heteroatoms. The second-order valence-corrected chi connectivity index (χ2v) is 6.38. The highest BCUT2D eigenvalue weighted by molar-refractivity contribution is 7.99. The molecule has 116 valence electrons. The van der Waals surface area contributed by atoms with Crippen molar-refractivity contribution >= 4 is 29.1 Å². The second kappa shape index (κ2) is 8.02. The molecule has 1 aliphatic rings. The van der Waals surface area contributed by atoms with Crippen LogP contribution in [0.3, 0.4) is 0 Å². The van der Waals surface area contributed by atoms with Gasteiger partial charge in [-0.1, -0.05) is 13.3 Å². The molecule has 0 aromatic carbocycles. The van der Waals surface area contributed by atoms with Gasteiger partial charge in [0.25, 0.3) is 0 Å². The Bertz CT molecular complexity index is 480. The lowest BCUT2D eigenvalue weighted by Gasteiger charge is -2.21. The van der Waals surface area contributed by atoms with Gasteiger partial charge in [-0.15, -0.1) is 0 Å². The number of aromatic nitrogens is 2. The maximum absolute atomic E-state index is 11.3. The van der Waals surface area contributed by atoms with Crippen LogP contribution >= 0.6 is 11.8 Å². The highest BCUT2D eigenvalue weighted by atomic mass is 32.2. The third-order valence-corrected chi connectivity index (χ3v) is 4.72. The minimum absolute atomic E-state index is 0.0632. The summed E-state index contributed by atoms with van der Waals surface area (Å²) in [5.41, 5.74) is -0.0632. The van der Waals surface area contributed by atoms with Crippen molar-refractivity contribution in [1.82, 2.24) is 9.97 Å². The molecule has 0 radical (unpaired) electrons. The lowest BCUT2D eigenvalue weighted by atomic mass is 10.2. The molecular formula is C13H21N5O2S. The summed E-state index contributed by atoms with van der Waals surface area (Å²) < 4.78 is 0. The molecule has 1 atom stereocenters. The minimum atomic E-state index is -0.422. The summed E-state index contributed by atoms with van der Waals surface area (Å²) in [6, 6.07) is 0. The van der Waals surface area contributed by atoms with Crippen molar-refractivity contribution in [3.05, 3.63) is 16.4 Å². The fourth-order valence-electron chi connectivity index (χ4n) is 2.23. The maximum atomic E-state index is 11.3. The van der Waals surface area contributed by atoms with E-state index in [-0.39, 0.29) is 11.5 Å². The normalized spacial score (nSPS) is 18.2. The summed E-state index contributed by atoms with van der Waals surface area (Å²) in [7, 11) is 0. The molecule has 0 aliphatic carbocycles. The summed E-state index contributed by atoms with van der Waals surface area (Å²) in [5.74, 6) is 1.76. The van der Waals surface area contributed by atoms with Crippen molar-refractivity contribution in [2.45, 2.75) is 37.9 Å². The zero-order valence-corrected chi connectivity index (χ0v) is 13.0. The van der Waals surface area contributed by atoms with Gasteiger partial charge in [-0.25, -0.2) is 9.97 Å². The predicted molar refractivity (Wildman–Crippen MR) is 86.1 cm³/mol. The highest BCUT2D eigenvalue weighted by Crippen LogP contribution is 2.30. The van der Waals surface area contributed by atoms with Gasteiger partial charge in [0.1, 0.15) is 6.33 Å². The van der Waals surface area contributed by atoms with Crippen molar-refractivity contribution in [3.63, 3.8) is 0 Å². The molecule has 1 aromatic rings. The Balaban J connectivity index is 2.07. The van der Waals surface area contributed by atoms with Crippen molar-refractivity contribution < 1.29 is 4.92 Å². The number of thioether (sulfide) groups is 1. The predicted octanol–water partition coefficient (Wildman–Crippen LogP) is 2.90. The van der Waals surface area contributed by atoms with Crippen molar-refractivity contribution in [2.24, 2.45) is 0 Å².